The van der Waals surface area contributed by atoms with Gasteiger partial charge in [0, 0.05) is 12.1 Å². The number of halogens is 2. The van der Waals surface area contributed by atoms with Crippen LogP contribution in [0.1, 0.15) is 6.92 Å². The van der Waals surface area contributed by atoms with Crippen molar-refractivity contribution in [3.8, 4) is 0 Å². The highest BCUT2D eigenvalue weighted by molar-refractivity contribution is 7.89. The van der Waals surface area contributed by atoms with E-state index in [0.29, 0.717) is 0 Å². The molecule has 0 aliphatic carbocycles. The molecule has 0 aliphatic rings. The van der Waals surface area contributed by atoms with Gasteiger partial charge in [-0.25, -0.2) is 12.8 Å². The van der Waals surface area contributed by atoms with Gasteiger partial charge < -0.3 is 4.74 Å². The number of hydrogen-bond acceptors (Lipinski definition) is 6. The first-order valence-electron chi connectivity index (χ1n) is 5.33. The summed E-state index contributed by atoms with van der Waals surface area (Å²) in [7, 11) is -3.60. The van der Waals surface area contributed by atoms with E-state index >= 15 is 0 Å². The number of hydrogen-bond donors (Lipinski definition) is 1. The number of rotatable bonds is 5. The lowest BCUT2D eigenvalue weighted by Gasteiger charge is -2.12. The van der Waals surface area contributed by atoms with Crippen LogP contribution < -0.4 is 4.72 Å². The van der Waals surface area contributed by atoms with Crippen molar-refractivity contribution in [1.29, 1.82) is 0 Å². The van der Waals surface area contributed by atoms with E-state index in [9.17, 15) is 32.1 Å². The Kier molecular flexibility index (Phi) is 4.91. The molecule has 1 atom stereocenters. The normalized spacial score (nSPS) is 12.8. The van der Waals surface area contributed by atoms with Gasteiger partial charge in [-0.05, 0) is 6.92 Å². The number of carbonyl (C=O) groups is 1. The Labute approximate surface area is 117 Å². The molecule has 0 saturated carbocycles. The summed E-state index contributed by atoms with van der Waals surface area (Å²) in [5.74, 6) is -3.99. The first kappa shape index (κ1) is 16.9. The molecule has 0 amide bonds. The minimum atomic E-state index is -4.62. The second kappa shape index (κ2) is 6.10. The van der Waals surface area contributed by atoms with Crippen molar-refractivity contribution < 1.29 is 31.7 Å². The third-order valence-corrected chi connectivity index (χ3v) is 3.93. The van der Waals surface area contributed by atoms with Gasteiger partial charge in [0.25, 0.3) is 0 Å². The van der Waals surface area contributed by atoms with Crippen LogP contribution in [-0.2, 0) is 19.6 Å². The molecule has 0 bridgehead atoms. The van der Waals surface area contributed by atoms with E-state index in [2.05, 4.69) is 4.74 Å². The lowest BCUT2D eigenvalue weighted by Crippen LogP contribution is -2.39. The predicted molar refractivity (Wildman–Crippen MR) is 64.8 cm³/mol. The zero-order valence-corrected chi connectivity index (χ0v) is 11.6. The molecule has 0 radical (unpaired) electrons. The van der Waals surface area contributed by atoms with E-state index in [0.717, 1.165) is 14.0 Å². The molecule has 1 unspecified atom stereocenters. The van der Waals surface area contributed by atoms with Crippen LogP contribution in [0.15, 0.2) is 17.0 Å². The third kappa shape index (κ3) is 3.70. The molecule has 0 aliphatic heterocycles. The van der Waals surface area contributed by atoms with E-state index in [1.807, 2.05) is 0 Å². The van der Waals surface area contributed by atoms with Gasteiger partial charge in [0.2, 0.25) is 15.8 Å². The quantitative estimate of drug-likeness (QED) is 0.484. The van der Waals surface area contributed by atoms with Crippen molar-refractivity contribution in [1.82, 2.24) is 4.72 Å². The summed E-state index contributed by atoms with van der Waals surface area (Å²) in [6.45, 7) is 1.12. The van der Waals surface area contributed by atoms with Crippen molar-refractivity contribution in [2.24, 2.45) is 0 Å². The fraction of sp³-hybridized carbons (Fsp3) is 0.300. The van der Waals surface area contributed by atoms with Crippen molar-refractivity contribution in [2.45, 2.75) is 17.9 Å². The van der Waals surface area contributed by atoms with Crippen LogP contribution >= 0.6 is 0 Å². The highest BCUT2D eigenvalue weighted by Crippen LogP contribution is 2.24. The summed E-state index contributed by atoms with van der Waals surface area (Å²) in [5, 5.41) is 10.5. The van der Waals surface area contributed by atoms with E-state index in [1.165, 1.54) is 0 Å². The Hall–Kier alpha value is -2.14. The van der Waals surface area contributed by atoms with Gasteiger partial charge in [-0.2, -0.15) is 9.11 Å². The van der Waals surface area contributed by atoms with Gasteiger partial charge in [-0.15, -0.1) is 0 Å². The highest BCUT2D eigenvalue weighted by atomic mass is 32.2. The Morgan fingerprint density at radius 2 is 1.95 bits per heavy atom. The molecule has 116 valence electrons. The van der Waals surface area contributed by atoms with Crippen molar-refractivity contribution in [3.05, 3.63) is 33.9 Å². The van der Waals surface area contributed by atoms with Crippen LogP contribution in [0.25, 0.3) is 0 Å². The number of nitro benzene ring substituents is 1. The number of carbonyl (C=O) groups excluding carboxylic acids is 1. The second-order valence-corrected chi connectivity index (χ2v) is 5.54. The zero-order valence-electron chi connectivity index (χ0n) is 10.8. The minimum absolute atomic E-state index is 0.0789. The maximum absolute atomic E-state index is 13.5. The molecule has 0 spiro atoms. The maximum Gasteiger partial charge on any atom is 0.323 e. The molecule has 8 nitrogen and oxygen atoms in total. The summed E-state index contributed by atoms with van der Waals surface area (Å²) in [4.78, 5) is 19.3. The van der Waals surface area contributed by atoms with Gasteiger partial charge in [-0.3, -0.25) is 14.9 Å². The number of methoxy groups -OCH3 is 1. The van der Waals surface area contributed by atoms with Gasteiger partial charge in [0.05, 0.1) is 12.0 Å². The minimum Gasteiger partial charge on any atom is -0.468 e. The highest BCUT2D eigenvalue weighted by Gasteiger charge is 2.29. The lowest BCUT2D eigenvalue weighted by atomic mass is 10.3. The summed E-state index contributed by atoms with van der Waals surface area (Å²) in [5.41, 5.74) is -1.21. The molecule has 1 aromatic carbocycles. The molecule has 0 fully saturated rings. The molecule has 0 heterocycles. The first-order chi connectivity index (χ1) is 9.60. The van der Waals surface area contributed by atoms with Gasteiger partial charge in [0.1, 0.15) is 16.8 Å². The number of benzene rings is 1. The SMILES string of the molecule is COC(=O)C(C)NS(=O)(=O)c1cc([N+](=O)[O-])c(F)cc1F. The molecule has 0 saturated heterocycles. The first-order valence-corrected chi connectivity index (χ1v) is 6.82. The number of sulfonamides is 1. The number of nitro groups is 1. The third-order valence-electron chi connectivity index (χ3n) is 2.37. The summed E-state index contributed by atoms with van der Waals surface area (Å²) in [6, 6.07) is -1.05. The van der Waals surface area contributed by atoms with E-state index in [4.69, 9.17) is 0 Å². The molecular weight excluding hydrogens is 314 g/mol. The smallest absolute Gasteiger partial charge is 0.323 e. The second-order valence-electron chi connectivity index (χ2n) is 3.86. The van der Waals surface area contributed by atoms with Crippen LogP contribution in [0.4, 0.5) is 14.5 Å². The maximum atomic E-state index is 13.5. The van der Waals surface area contributed by atoms with Crippen LogP contribution in [0, 0.1) is 21.7 Å². The lowest BCUT2D eigenvalue weighted by molar-refractivity contribution is -0.387. The Morgan fingerprint density at radius 3 is 2.43 bits per heavy atom. The van der Waals surface area contributed by atoms with Crippen molar-refractivity contribution >= 4 is 21.7 Å². The van der Waals surface area contributed by atoms with Gasteiger partial charge >= 0.3 is 11.7 Å². The van der Waals surface area contributed by atoms with E-state index in [-0.39, 0.29) is 12.1 Å². The molecule has 21 heavy (non-hydrogen) atoms. The van der Waals surface area contributed by atoms with Crippen molar-refractivity contribution in [3.63, 3.8) is 0 Å². The number of ether oxygens (including phenoxy) is 1. The molecule has 11 heteroatoms. The molecule has 1 rings (SSSR count). The Morgan fingerprint density at radius 1 is 1.38 bits per heavy atom. The molecule has 0 aromatic heterocycles. The largest absolute Gasteiger partial charge is 0.468 e. The Bertz CT molecular complexity index is 691. The summed E-state index contributed by atoms with van der Waals surface area (Å²) >= 11 is 0. The molecular formula is C10H10F2N2O6S. The molecule has 1 N–H and O–H groups in total. The van der Waals surface area contributed by atoms with E-state index < -0.39 is 49.2 Å². The number of esters is 1. The monoisotopic (exact) mass is 324 g/mol. The van der Waals surface area contributed by atoms with Crippen LogP contribution in [0.2, 0.25) is 0 Å². The average molecular weight is 324 g/mol. The predicted octanol–water partition coefficient (Wildman–Crippen LogP) is 0.713. The molecule has 1 aromatic rings. The summed E-state index contributed by atoms with van der Waals surface area (Å²) in [6.07, 6.45) is 0. The standard InChI is InChI=1S/C10H10F2N2O6S/c1-5(10(15)20-2)13-21(18,19)9-4-8(14(16)17)6(11)3-7(9)12/h3-5,13H,1-2H3. The van der Waals surface area contributed by atoms with Gasteiger partial charge in [0.15, 0.2) is 0 Å². The number of nitrogens with zero attached hydrogens (tertiary/aromatic N) is 1. The fourth-order valence-corrected chi connectivity index (χ4v) is 2.66. The van der Waals surface area contributed by atoms with Gasteiger partial charge in [-0.1, -0.05) is 0 Å². The topological polar surface area (TPSA) is 116 Å². The fourth-order valence-electron chi connectivity index (χ4n) is 1.39. The van der Waals surface area contributed by atoms with Crippen molar-refractivity contribution in [2.75, 3.05) is 7.11 Å². The van der Waals surface area contributed by atoms with E-state index in [1.54, 1.807) is 4.72 Å². The Balaban J connectivity index is 3.29. The average Bonchev–Trinajstić information content (AvgIpc) is 2.36. The zero-order chi connectivity index (χ0) is 16.4. The summed E-state index contributed by atoms with van der Waals surface area (Å²) < 4.78 is 56.4. The number of nitrogens with one attached hydrogen (secondary N) is 1. The van der Waals surface area contributed by atoms with Crippen LogP contribution in [0.5, 0.6) is 0 Å². The van der Waals surface area contributed by atoms with Crippen LogP contribution in [-0.4, -0.2) is 32.5 Å². The van der Waals surface area contributed by atoms with Crippen LogP contribution in [0.3, 0.4) is 0 Å².